The highest BCUT2D eigenvalue weighted by Crippen LogP contribution is 2.27. The zero-order valence-electron chi connectivity index (χ0n) is 19.2. The summed E-state index contributed by atoms with van der Waals surface area (Å²) in [6.45, 7) is 10.1. The Bertz CT molecular complexity index is 854. The summed E-state index contributed by atoms with van der Waals surface area (Å²) in [5, 5.41) is 3.52. The van der Waals surface area contributed by atoms with Gasteiger partial charge in [0.25, 0.3) is 0 Å². The summed E-state index contributed by atoms with van der Waals surface area (Å²) in [5.41, 5.74) is 2.56. The predicted octanol–water partition coefficient (Wildman–Crippen LogP) is 3.93. The molecule has 0 bridgehead atoms. The van der Waals surface area contributed by atoms with E-state index in [0.717, 1.165) is 64.1 Å². The predicted molar refractivity (Wildman–Crippen MR) is 145 cm³/mol. The van der Waals surface area contributed by atoms with Crippen molar-refractivity contribution in [1.29, 1.82) is 0 Å². The van der Waals surface area contributed by atoms with Gasteiger partial charge in [0.05, 0.1) is 7.11 Å². The van der Waals surface area contributed by atoms with E-state index in [4.69, 9.17) is 9.73 Å². The van der Waals surface area contributed by atoms with Crippen LogP contribution >= 0.6 is 24.0 Å². The number of aliphatic imine (C=N–C) groups is 1. The fourth-order valence-electron chi connectivity index (χ4n) is 4.48. The molecule has 6 nitrogen and oxygen atoms in total. The average molecular weight is 550 g/mol. The van der Waals surface area contributed by atoms with Crippen molar-refractivity contribution in [2.75, 3.05) is 69.3 Å². The summed E-state index contributed by atoms with van der Waals surface area (Å²) in [5.74, 6) is 2.57. The molecule has 2 aliphatic heterocycles. The van der Waals surface area contributed by atoms with Gasteiger partial charge in [-0.1, -0.05) is 24.3 Å². The zero-order valence-corrected chi connectivity index (χ0v) is 21.6. The maximum atomic E-state index is 5.38. The molecule has 2 heterocycles. The van der Waals surface area contributed by atoms with Crippen LogP contribution < -0.4 is 19.9 Å². The van der Waals surface area contributed by atoms with Gasteiger partial charge in [-0.05, 0) is 43.5 Å². The van der Waals surface area contributed by atoms with Crippen LogP contribution in [-0.4, -0.2) is 70.3 Å². The van der Waals surface area contributed by atoms with Crippen molar-refractivity contribution in [2.24, 2.45) is 10.9 Å². The van der Waals surface area contributed by atoms with Gasteiger partial charge in [0.1, 0.15) is 5.75 Å². The second-order valence-electron chi connectivity index (χ2n) is 8.31. The molecule has 1 N–H and O–H groups in total. The first-order valence-corrected chi connectivity index (χ1v) is 11.5. The van der Waals surface area contributed by atoms with Gasteiger partial charge in [0, 0.05) is 69.8 Å². The smallest absolute Gasteiger partial charge is 0.194 e. The minimum absolute atomic E-state index is 0. The van der Waals surface area contributed by atoms with Crippen molar-refractivity contribution >= 4 is 41.3 Å². The lowest BCUT2D eigenvalue weighted by Gasteiger charge is -2.37. The van der Waals surface area contributed by atoms with Crippen LogP contribution in [0, 0.1) is 5.92 Å². The van der Waals surface area contributed by atoms with Crippen LogP contribution in [0.2, 0.25) is 0 Å². The van der Waals surface area contributed by atoms with E-state index < -0.39 is 0 Å². The fourth-order valence-corrected chi connectivity index (χ4v) is 4.48. The SMILES string of the molecule is CCNC(=NCC1CCN(c2cccc(OC)c2)C1)N1CCN(c2ccccc2)CC1.I. The first kappa shape index (κ1) is 24.5. The summed E-state index contributed by atoms with van der Waals surface area (Å²) in [6.07, 6.45) is 1.18. The molecule has 2 saturated heterocycles. The molecule has 174 valence electrons. The van der Waals surface area contributed by atoms with Crippen LogP contribution in [0.5, 0.6) is 5.75 Å². The Balaban J connectivity index is 0.00000289. The highest BCUT2D eigenvalue weighted by Gasteiger charge is 2.24. The standard InChI is InChI=1S/C25H35N5O.HI/c1-3-26-25(29-16-14-28(15-17-29)22-8-5-4-6-9-22)27-19-21-12-13-30(20-21)23-10-7-11-24(18-23)31-2;/h4-11,18,21H,3,12-17,19-20H2,1-2H3,(H,26,27);1H. The van der Waals surface area contributed by atoms with Crippen LogP contribution in [0.4, 0.5) is 11.4 Å². The number of guanidine groups is 1. The lowest BCUT2D eigenvalue weighted by molar-refractivity contribution is 0.371. The summed E-state index contributed by atoms with van der Waals surface area (Å²) >= 11 is 0. The number of ether oxygens (including phenoxy) is 1. The van der Waals surface area contributed by atoms with Crippen LogP contribution in [0.1, 0.15) is 13.3 Å². The van der Waals surface area contributed by atoms with Crippen molar-refractivity contribution in [1.82, 2.24) is 10.2 Å². The molecular weight excluding hydrogens is 513 g/mol. The molecule has 0 aliphatic carbocycles. The Kier molecular flexibility index (Phi) is 9.32. The van der Waals surface area contributed by atoms with Crippen LogP contribution in [0.25, 0.3) is 0 Å². The molecule has 0 amide bonds. The lowest BCUT2D eigenvalue weighted by atomic mass is 10.1. The molecule has 7 heteroatoms. The van der Waals surface area contributed by atoms with Crippen LogP contribution in [0.3, 0.4) is 0 Å². The minimum atomic E-state index is 0. The van der Waals surface area contributed by atoms with Gasteiger partial charge < -0.3 is 24.8 Å². The van der Waals surface area contributed by atoms with Crippen molar-refractivity contribution in [2.45, 2.75) is 13.3 Å². The van der Waals surface area contributed by atoms with Crippen LogP contribution in [0.15, 0.2) is 59.6 Å². The topological polar surface area (TPSA) is 43.3 Å². The van der Waals surface area contributed by atoms with Crippen molar-refractivity contribution < 1.29 is 4.74 Å². The third-order valence-electron chi connectivity index (χ3n) is 6.24. The number of para-hydroxylation sites is 1. The molecule has 2 aliphatic rings. The molecule has 1 atom stereocenters. The molecule has 0 radical (unpaired) electrons. The molecular formula is C25H36IN5O. The fraction of sp³-hybridized carbons (Fsp3) is 0.480. The van der Waals surface area contributed by atoms with E-state index in [1.807, 2.05) is 6.07 Å². The van der Waals surface area contributed by atoms with Gasteiger partial charge in [-0.2, -0.15) is 0 Å². The Hall–Kier alpha value is -2.16. The van der Waals surface area contributed by atoms with E-state index >= 15 is 0 Å². The summed E-state index contributed by atoms with van der Waals surface area (Å²) in [7, 11) is 1.72. The Morgan fingerprint density at radius 3 is 2.44 bits per heavy atom. The third-order valence-corrected chi connectivity index (χ3v) is 6.24. The number of nitrogens with zero attached hydrogens (tertiary/aromatic N) is 4. The van der Waals surface area contributed by atoms with Gasteiger partial charge in [0.15, 0.2) is 5.96 Å². The van der Waals surface area contributed by atoms with Crippen molar-refractivity contribution in [3.63, 3.8) is 0 Å². The zero-order chi connectivity index (χ0) is 21.5. The van der Waals surface area contributed by atoms with Gasteiger partial charge in [-0.25, -0.2) is 0 Å². The number of benzene rings is 2. The number of piperazine rings is 1. The molecule has 0 spiro atoms. The summed E-state index contributed by atoms with van der Waals surface area (Å²) < 4.78 is 5.38. The normalized spacial score (nSPS) is 19.0. The number of hydrogen-bond acceptors (Lipinski definition) is 4. The van der Waals surface area contributed by atoms with Crippen molar-refractivity contribution in [3.05, 3.63) is 54.6 Å². The van der Waals surface area contributed by atoms with E-state index in [9.17, 15) is 0 Å². The van der Waals surface area contributed by atoms with Gasteiger partial charge in [0.2, 0.25) is 0 Å². The first-order valence-electron chi connectivity index (χ1n) is 11.5. The van der Waals surface area contributed by atoms with E-state index in [-0.39, 0.29) is 24.0 Å². The highest BCUT2D eigenvalue weighted by atomic mass is 127. The van der Waals surface area contributed by atoms with Crippen molar-refractivity contribution in [3.8, 4) is 5.75 Å². The summed E-state index contributed by atoms with van der Waals surface area (Å²) in [6, 6.07) is 19.1. The van der Waals surface area contributed by atoms with E-state index in [2.05, 4.69) is 75.5 Å². The maximum absolute atomic E-state index is 5.38. The molecule has 2 fully saturated rings. The second kappa shape index (κ2) is 12.2. The molecule has 32 heavy (non-hydrogen) atoms. The van der Waals surface area contributed by atoms with Gasteiger partial charge in [-0.15, -0.1) is 24.0 Å². The highest BCUT2D eigenvalue weighted by molar-refractivity contribution is 14.0. The molecule has 2 aromatic rings. The third kappa shape index (κ3) is 6.21. The number of rotatable bonds is 6. The Morgan fingerprint density at radius 1 is 0.969 bits per heavy atom. The largest absolute Gasteiger partial charge is 0.497 e. The number of methoxy groups -OCH3 is 1. The van der Waals surface area contributed by atoms with E-state index in [1.54, 1.807) is 7.11 Å². The number of hydrogen-bond donors (Lipinski definition) is 1. The minimum Gasteiger partial charge on any atom is -0.497 e. The van der Waals surface area contributed by atoms with Gasteiger partial charge in [-0.3, -0.25) is 4.99 Å². The van der Waals surface area contributed by atoms with E-state index in [0.29, 0.717) is 5.92 Å². The Labute approximate surface area is 209 Å². The monoisotopic (exact) mass is 549 g/mol. The number of anilines is 2. The number of halogens is 1. The molecule has 1 unspecified atom stereocenters. The molecule has 0 saturated carbocycles. The quantitative estimate of drug-likeness (QED) is 0.336. The lowest BCUT2D eigenvalue weighted by Crippen LogP contribution is -2.52. The molecule has 4 rings (SSSR count). The average Bonchev–Trinajstić information content (AvgIpc) is 3.32. The van der Waals surface area contributed by atoms with E-state index in [1.165, 1.54) is 17.8 Å². The van der Waals surface area contributed by atoms with Gasteiger partial charge >= 0.3 is 0 Å². The maximum Gasteiger partial charge on any atom is 0.194 e. The second-order valence-corrected chi connectivity index (χ2v) is 8.31. The van der Waals surface area contributed by atoms with Crippen LogP contribution in [-0.2, 0) is 0 Å². The number of nitrogens with one attached hydrogen (secondary N) is 1. The molecule has 2 aromatic carbocycles. The Morgan fingerprint density at radius 2 is 1.72 bits per heavy atom. The summed E-state index contributed by atoms with van der Waals surface area (Å²) in [4.78, 5) is 12.4. The first-order chi connectivity index (χ1) is 15.3. The molecule has 0 aromatic heterocycles.